The van der Waals surface area contributed by atoms with Crippen molar-refractivity contribution in [2.24, 2.45) is 0 Å². The summed E-state index contributed by atoms with van der Waals surface area (Å²) in [5.41, 5.74) is -0.837. The summed E-state index contributed by atoms with van der Waals surface area (Å²) >= 11 is 0. The first-order chi connectivity index (χ1) is 9.86. The number of esters is 1. The Hall–Kier alpha value is -2.31. The number of nitrogens with zero attached hydrogens (tertiary/aromatic N) is 1. The molecule has 0 atom stereocenters. The highest BCUT2D eigenvalue weighted by atomic mass is 19.4. The lowest BCUT2D eigenvalue weighted by atomic mass is 10.1. The highest BCUT2D eigenvalue weighted by Crippen LogP contribution is 2.33. The number of ether oxygens (including phenoxy) is 1. The Bertz CT molecular complexity index is 662. The van der Waals surface area contributed by atoms with Gasteiger partial charge in [-0.15, -0.1) is 0 Å². The Labute approximate surface area is 118 Å². The topological polar surface area (TPSA) is 52.3 Å². The zero-order chi connectivity index (χ0) is 15.6. The minimum atomic E-state index is -4.48. The molecule has 112 valence electrons. The molecule has 0 spiro atoms. The monoisotopic (exact) mass is 299 g/mol. The minimum Gasteiger partial charge on any atom is -0.464 e. The summed E-state index contributed by atoms with van der Waals surface area (Å²) in [6, 6.07) is 4.51. The van der Waals surface area contributed by atoms with Crippen LogP contribution in [-0.4, -0.2) is 18.1 Å². The van der Waals surface area contributed by atoms with E-state index < -0.39 is 17.7 Å². The van der Waals surface area contributed by atoms with Crippen LogP contribution in [0.25, 0.3) is 11.3 Å². The third kappa shape index (κ3) is 3.07. The average molecular weight is 299 g/mol. The molecule has 0 fully saturated rings. The number of aromatic nitrogens is 1. The summed E-state index contributed by atoms with van der Waals surface area (Å²) in [5, 5.41) is 0. The zero-order valence-electron chi connectivity index (χ0n) is 11.3. The number of hydrogen-bond acceptors (Lipinski definition) is 4. The van der Waals surface area contributed by atoms with Gasteiger partial charge in [-0.2, -0.15) is 13.2 Å². The van der Waals surface area contributed by atoms with E-state index in [9.17, 15) is 18.0 Å². The second-order valence-corrected chi connectivity index (χ2v) is 4.21. The maximum atomic E-state index is 12.7. The van der Waals surface area contributed by atoms with Crippen LogP contribution >= 0.6 is 0 Å². The normalized spacial score (nSPS) is 11.5. The van der Waals surface area contributed by atoms with Crippen molar-refractivity contribution in [3.8, 4) is 11.3 Å². The lowest BCUT2D eigenvalue weighted by molar-refractivity contribution is -0.137. The third-order valence-electron chi connectivity index (χ3n) is 2.80. The van der Waals surface area contributed by atoms with E-state index in [1.165, 1.54) is 19.2 Å². The number of rotatable bonds is 3. The van der Waals surface area contributed by atoms with Crippen LogP contribution in [0.1, 0.15) is 28.9 Å². The third-order valence-corrected chi connectivity index (χ3v) is 2.80. The molecule has 0 amide bonds. The van der Waals surface area contributed by atoms with Gasteiger partial charge in [0.15, 0.2) is 17.3 Å². The van der Waals surface area contributed by atoms with Crippen LogP contribution in [0.15, 0.2) is 28.7 Å². The Morgan fingerprint density at radius 1 is 1.38 bits per heavy atom. The van der Waals surface area contributed by atoms with Gasteiger partial charge in [0.2, 0.25) is 0 Å². The molecule has 0 N–H and O–H groups in total. The van der Waals surface area contributed by atoms with Crippen molar-refractivity contribution in [2.75, 3.05) is 7.11 Å². The van der Waals surface area contributed by atoms with Crippen molar-refractivity contribution < 1.29 is 27.1 Å². The number of carbonyl (C=O) groups excluding carboxylic acids is 1. The van der Waals surface area contributed by atoms with Gasteiger partial charge in [0, 0.05) is 12.0 Å². The number of aryl methyl sites for hydroxylation is 1. The molecule has 1 aromatic heterocycles. The molecule has 7 heteroatoms. The van der Waals surface area contributed by atoms with Gasteiger partial charge in [0.05, 0.1) is 12.7 Å². The van der Waals surface area contributed by atoms with Gasteiger partial charge in [-0.25, -0.2) is 9.78 Å². The van der Waals surface area contributed by atoms with E-state index >= 15 is 0 Å². The number of hydrogen-bond donors (Lipinski definition) is 0. The van der Waals surface area contributed by atoms with Crippen LogP contribution in [0.2, 0.25) is 0 Å². The summed E-state index contributed by atoms with van der Waals surface area (Å²) in [6.07, 6.45) is -4.07. The number of methoxy groups -OCH3 is 1. The van der Waals surface area contributed by atoms with E-state index in [1.807, 2.05) is 0 Å². The fourth-order valence-corrected chi connectivity index (χ4v) is 1.78. The predicted molar refractivity (Wildman–Crippen MR) is 67.7 cm³/mol. The lowest BCUT2D eigenvalue weighted by Crippen LogP contribution is -2.06. The van der Waals surface area contributed by atoms with Crippen LogP contribution in [0.3, 0.4) is 0 Å². The van der Waals surface area contributed by atoms with E-state index in [2.05, 4.69) is 9.72 Å². The molecule has 1 heterocycles. The molecule has 0 aliphatic heterocycles. The zero-order valence-corrected chi connectivity index (χ0v) is 11.3. The molecule has 21 heavy (non-hydrogen) atoms. The quantitative estimate of drug-likeness (QED) is 0.811. The molecule has 0 aliphatic carbocycles. The van der Waals surface area contributed by atoms with Gasteiger partial charge >= 0.3 is 12.1 Å². The Balaban J connectivity index is 2.56. The number of carbonyl (C=O) groups is 1. The first-order valence-corrected chi connectivity index (χ1v) is 6.12. The van der Waals surface area contributed by atoms with Crippen LogP contribution in [-0.2, 0) is 17.3 Å². The summed E-state index contributed by atoms with van der Waals surface area (Å²) in [5.74, 6) is -0.529. The maximum Gasteiger partial charge on any atom is 0.416 e. The summed E-state index contributed by atoms with van der Waals surface area (Å²) < 4.78 is 48.2. The smallest absolute Gasteiger partial charge is 0.416 e. The SMILES string of the molecule is CCc1nc(C(=O)OC)c(-c2cccc(C(F)(F)F)c2)o1. The van der Waals surface area contributed by atoms with Gasteiger partial charge in [0.25, 0.3) is 0 Å². The predicted octanol–water partition coefficient (Wildman–Crippen LogP) is 3.71. The molecule has 4 nitrogen and oxygen atoms in total. The van der Waals surface area contributed by atoms with Crippen LogP contribution in [0.4, 0.5) is 13.2 Å². The highest BCUT2D eigenvalue weighted by molar-refractivity contribution is 5.93. The fourth-order valence-electron chi connectivity index (χ4n) is 1.78. The molecule has 0 radical (unpaired) electrons. The second kappa shape index (κ2) is 5.59. The molecule has 0 bridgehead atoms. The molecule has 0 saturated carbocycles. The van der Waals surface area contributed by atoms with Crippen LogP contribution in [0.5, 0.6) is 0 Å². The number of halogens is 3. The number of oxazole rings is 1. The standard InChI is InChI=1S/C14H12F3NO3/c1-3-10-18-11(13(19)20-2)12(21-10)8-5-4-6-9(7-8)14(15,16)17/h4-7H,3H2,1-2H3. The van der Waals surface area contributed by atoms with E-state index in [4.69, 9.17) is 4.42 Å². The molecule has 0 aliphatic rings. The molecular formula is C14H12F3NO3. The van der Waals surface area contributed by atoms with Gasteiger partial charge in [-0.1, -0.05) is 19.1 Å². The minimum absolute atomic E-state index is 0.0233. The summed E-state index contributed by atoms with van der Waals surface area (Å²) in [7, 11) is 1.17. The average Bonchev–Trinajstić information content (AvgIpc) is 2.90. The van der Waals surface area contributed by atoms with Gasteiger partial charge in [0.1, 0.15) is 0 Å². The molecule has 1 aromatic carbocycles. The fraction of sp³-hybridized carbons (Fsp3) is 0.286. The van der Waals surface area contributed by atoms with E-state index in [-0.39, 0.29) is 22.9 Å². The number of alkyl halides is 3. The first kappa shape index (κ1) is 15.1. The lowest BCUT2D eigenvalue weighted by Gasteiger charge is -2.07. The van der Waals surface area contributed by atoms with Crippen molar-refractivity contribution in [3.63, 3.8) is 0 Å². The van der Waals surface area contributed by atoms with Crippen molar-refractivity contribution in [1.29, 1.82) is 0 Å². The maximum absolute atomic E-state index is 12.7. The molecule has 2 rings (SSSR count). The van der Waals surface area contributed by atoms with Crippen molar-refractivity contribution in [1.82, 2.24) is 4.98 Å². The van der Waals surface area contributed by atoms with Crippen LogP contribution < -0.4 is 0 Å². The van der Waals surface area contributed by atoms with Crippen molar-refractivity contribution >= 4 is 5.97 Å². The number of benzene rings is 1. The van der Waals surface area contributed by atoms with Gasteiger partial charge in [-0.3, -0.25) is 0 Å². The summed E-state index contributed by atoms with van der Waals surface area (Å²) in [6.45, 7) is 1.75. The largest absolute Gasteiger partial charge is 0.464 e. The molecule has 2 aromatic rings. The highest BCUT2D eigenvalue weighted by Gasteiger charge is 2.31. The van der Waals surface area contributed by atoms with Gasteiger partial charge in [-0.05, 0) is 12.1 Å². The Morgan fingerprint density at radius 3 is 2.67 bits per heavy atom. The second-order valence-electron chi connectivity index (χ2n) is 4.21. The molecular weight excluding hydrogens is 287 g/mol. The summed E-state index contributed by atoms with van der Waals surface area (Å²) in [4.78, 5) is 15.6. The Morgan fingerprint density at radius 2 is 2.10 bits per heavy atom. The van der Waals surface area contributed by atoms with E-state index in [0.29, 0.717) is 6.42 Å². The first-order valence-electron chi connectivity index (χ1n) is 6.12. The Kier molecular flexibility index (Phi) is 4.02. The molecule has 0 saturated heterocycles. The van der Waals surface area contributed by atoms with E-state index in [1.54, 1.807) is 6.92 Å². The van der Waals surface area contributed by atoms with Crippen molar-refractivity contribution in [3.05, 3.63) is 41.4 Å². The van der Waals surface area contributed by atoms with E-state index in [0.717, 1.165) is 12.1 Å². The van der Waals surface area contributed by atoms with Gasteiger partial charge < -0.3 is 9.15 Å². The van der Waals surface area contributed by atoms with Crippen molar-refractivity contribution in [2.45, 2.75) is 19.5 Å². The van der Waals surface area contributed by atoms with Crippen LogP contribution in [0, 0.1) is 0 Å². The molecule has 0 unspecified atom stereocenters.